The molecule has 0 fully saturated rings. The normalized spacial score (nSPS) is 9.89. The third kappa shape index (κ3) is 3.38. The molecule has 5 heteroatoms. The van der Waals surface area contributed by atoms with Gasteiger partial charge in [-0.3, -0.25) is 0 Å². The van der Waals surface area contributed by atoms with E-state index in [0.29, 0.717) is 11.3 Å². The highest BCUT2D eigenvalue weighted by atomic mass is 16.5. The SMILES string of the molecule is O=NCc1ccc(C(=O)Oc2ccc(O)cc2)cc1. The van der Waals surface area contributed by atoms with Gasteiger partial charge in [0.15, 0.2) is 0 Å². The lowest BCUT2D eigenvalue weighted by atomic mass is 10.1. The predicted octanol–water partition coefficient (Wildman–Crippen LogP) is 2.88. The van der Waals surface area contributed by atoms with E-state index < -0.39 is 5.97 Å². The van der Waals surface area contributed by atoms with Gasteiger partial charge in [-0.25, -0.2) is 4.79 Å². The number of hydrogen-bond donors (Lipinski definition) is 1. The van der Waals surface area contributed by atoms with E-state index in [1.165, 1.54) is 24.3 Å². The minimum absolute atomic E-state index is 0.0767. The van der Waals surface area contributed by atoms with Crippen LogP contribution >= 0.6 is 0 Å². The summed E-state index contributed by atoms with van der Waals surface area (Å²) in [6.07, 6.45) is 0. The molecule has 0 spiro atoms. The molecule has 2 aromatic rings. The second-order valence-corrected chi connectivity index (χ2v) is 3.87. The van der Waals surface area contributed by atoms with Crippen LogP contribution in [0.25, 0.3) is 0 Å². The zero-order valence-corrected chi connectivity index (χ0v) is 9.95. The van der Waals surface area contributed by atoms with Gasteiger partial charge in [-0.15, -0.1) is 0 Å². The largest absolute Gasteiger partial charge is 0.508 e. The van der Waals surface area contributed by atoms with Crippen LogP contribution in [0.1, 0.15) is 15.9 Å². The van der Waals surface area contributed by atoms with Gasteiger partial charge in [0.1, 0.15) is 18.0 Å². The van der Waals surface area contributed by atoms with Gasteiger partial charge in [0.2, 0.25) is 0 Å². The van der Waals surface area contributed by atoms with Crippen molar-refractivity contribution >= 4 is 5.97 Å². The van der Waals surface area contributed by atoms with Crippen LogP contribution in [-0.2, 0) is 6.54 Å². The van der Waals surface area contributed by atoms with Gasteiger partial charge < -0.3 is 9.84 Å². The summed E-state index contributed by atoms with van der Waals surface area (Å²) < 4.78 is 5.12. The first kappa shape index (κ1) is 12.8. The van der Waals surface area contributed by atoms with Crippen LogP contribution in [0.5, 0.6) is 11.5 Å². The highest BCUT2D eigenvalue weighted by molar-refractivity contribution is 5.91. The van der Waals surface area contributed by atoms with Gasteiger partial charge in [-0.05, 0) is 42.0 Å². The van der Waals surface area contributed by atoms with E-state index in [0.717, 1.165) is 5.56 Å². The Morgan fingerprint density at radius 2 is 1.68 bits per heavy atom. The Bertz CT molecular complexity index is 575. The maximum absolute atomic E-state index is 11.8. The van der Waals surface area contributed by atoms with Crippen molar-refractivity contribution in [3.8, 4) is 11.5 Å². The molecule has 0 aromatic heterocycles. The minimum atomic E-state index is -0.503. The lowest BCUT2D eigenvalue weighted by Gasteiger charge is -2.04. The summed E-state index contributed by atoms with van der Waals surface area (Å²) in [4.78, 5) is 21.9. The summed E-state index contributed by atoms with van der Waals surface area (Å²) in [5.41, 5.74) is 1.11. The number of nitrogens with zero attached hydrogens (tertiary/aromatic N) is 1. The summed E-state index contributed by atoms with van der Waals surface area (Å²) in [6.45, 7) is 0.0767. The van der Waals surface area contributed by atoms with E-state index in [1.54, 1.807) is 24.3 Å². The summed E-state index contributed by atoms with van der Waals surface area (Å²) in [6, 6.07) is 12.3. The predicted molar refractivity (Wildman–Crippen MR) is 69.0 cm³/mol. The van der Waals surface area contributed by atoms with Crippen LogP contribution in [-0.4, -0.2) is 11.1 Å². The Morgan fingerprint density at radius 1 is 1.05 bits per heavy atom. The number of nitroso groups, excluding NO2 is 1. The Labute approximate surface area is 109 Å². The number of phenols is 1. The topological polar surface area (TPSA) is 76.0 Å². The molecule has 96 valence electrons. The summed E-state index contributed by atoms with van der Waals surface area (Å²) in [5, 5.41) is 11.9. The van der Waals surface area contributed by atoms with Crippen LogP contribution in [0.3, 0.4) is 0 Å². The van der Waals surface area contributed by atoms with Gasteiger partial charge >= 0.3 is 5.97 Å². The van der Waals surface area contributed by atoms with E-state index >= 15 is 0 Å². The van der Waals surface area contributed by atoms with Gasteiger partial charge in [-0.1, -0.05) is 17.3 Å². The zero-order valence-electron chi connectivity index (χ0n) is 9.95. The molecule has 19 heavy (non-hydrogen) atoms. The maximum atomic E-state index is 11.8. The highest BCUT2D eigenvalue weighted by Crippen LogP contribution is 2.17. The Hall–Kier alpha value is -2.69. The molecule has 0 heterocycles. The number of esters is 1. The summed E-state index contributed by atoms with van der Waals surface area (Å²) in [5.74, 6) is -0.0525. The quantitative estimate of drug-likeness (QED) is 0.519. The van der Waals surface area contributed by atoms with Gasteiger partial charge in [0.05, 0.1) is 5.56 Å². The minimum Gasteiger partial charge on any atom is -0.508 e. The van der Waals surface area contributed by atoms with Crippen LogP contribution in [0.15, 0.2) is 53.7 Å². The number of hydrogen-bond acceptors (Lipinski definition) is 5. The highest BCUT2D eigenvalue weighted by Gasteiger charge is 2.08. The smallest absolute Gasteiger partial charge is 0.343 e. The number of carbonyl (C=O) groups excluding carboxylic acids is 1. The van der Waals surface area contributed by atoms with Crippen molar-refractivity contribution in [1.82, 2.24) is 0 Å². The first-order valence-corrected chi connectivity index (χ1v) is 5.58. The number of benzene rings is 2. The average Bonchev–Trinajstić information content (AvgIpc) is 2.42. The van der Waals surface area contributed by atoms with E-state index in [4.69, 9.17) is 9.84 Å². The van der Waals surface area contributed by atoms with Crippen molar-refractivity contribution in [2.75, 3.05) is 0 Å². The fourth-order valence-electron chi connectivity index (χ4n) is 1.50. The third-order valence-corrected chi connectivity index (χ3v) is 2.48. The Kier molecular flexibility index (Phi) is 3.87. The molecule has 0 aliphatic carbocycles. The van der Waals surface area contributed by atoms with Crippen molar-refractivity contribution in [3.63, 3.8) is 0 Å². The molecule has 2 aromatic carbocycles. The van der Waals surface area contributed by atoms with E-state index in [-0.39, 0.29) is 12.3 Å². The van der Waals surface area contributed by atoms with Gasteiger partial charge in [0, 0.05) is 0 Å². The first-order valence-electron chi connectivity index (χ1n) is 5.58. The lowest BCUT2D eigenvalue weighted by molar-refractivity contribution is 0.0734. The van der Waals surface area contributed by atoms with Crippen molar-refractivity contribution in [2.24, 2.45) is 5.18 Å². The van der Waals surface area contributed by atoms with Crippen molar-refractivity contribution < 1.29 is 14.6 Å². The molecule has 0 radical (unpaired) electrons. The van der Waals surface area contributed by atoms with Crippen molar-refractivity contribution in [1.29, 1.82) is 0 Å². The molecular weight excluding hydrogens is 246 g/mol. The number of aromatic hydroxyl groups is 1. The van der Waals surface area contributed by atoms with E-state index in [2.05, 4.69) is 5.18 Å². The molecule has 0 aliphatic rings. The van der Waals surface area contributed by atoms with E-state index in [9.17, 15) is 9.70 Å². The fraction of sp³-hybridized carbons (Fsp3) is 0.0714. The first-order chi connectivity index (χ1) is 9.19. The molecule has 0 amide bonds. The molecule has 0 bridgehead atoms. The maximum Gasteiger partial charge on any atom is 0.343 e. The van der Waals surface area contributed by atoms with Crippen molar-refractivity contribution in [2.45, 2.75) is 6.54 Å². The van der Waals surface area contributed by atoms with Gasteiger partial charge in [0.25, 0.3) is 0 Å². The number of rotatable bonds is 4. The third-order valence-electron chi connectivity index (χ3n) is 2.48. The second kappa shape index (κ2) is 5.77. The van der Waals surface area contributed by atoms with Crippen LogP contribution < -0.4 is 4.74 Å². The molecule has 0 aliphatic heterocycles. The van der Waals surface area contributed by atoms with E-state index in [1.807, 2.05) is 0 Å². The van der Waals surface area contributed by atoms with Crippen LogP contribution in [0, 0.1) is 4.91 Å². The monoisotopic (exact) mass is 257 g/mol. The lowest BCUT2D eigenvalue weighted by Crippen LogP contribution is -2.08. The molecule has 1 N–H and O–H groups in total. The summed E-state index contributed by atoms with van der Waals surface area (Å²) >= 11 is 0. The average molecular weight is 257 g/mol. The number of carbonyl (C=O) groups is 1. The Balaban J connectivity index is 2.07. The van der Waals surface area contributed by atoms with Gasteiger partial charge in [-0.2, -0.15) is 4.91 Å². The number of ether oxygens (including phenoxy) is 1. The van der Waals surface area contributed by atoms with Crippen LogP contribution in [0.2, 0.25) is 0 Å². The van der Waals surface area contributed by atoms with Crippen LogP contribution in [0.4, 0.5) is 0 Å². The van der Waals surface area contributed by atoms with Crippen molar-refractivity contribution in [3.05, 3.63) is 64.6 Å². The molecule has 0 atom stereocenters. The molecule has 0 unspecified atom stereocenters. The number of phenolic OH excluding ortho intramolecular Hbond substituents is 1. The fourth-order valence-corrected chi connectivity index (χ4v) is 1.50. The standard InChI is InChI=1S/C14H11NO4/c16-12-5-7-13(8-6-12)19-14(17)11-3-1-10(2-4-11)9-15-18/h1-8,16H,9H2. The molecule has 5 nitrogen and oxygen atoms in total. The molecule has 0 saturated heterocycles. The molecular formula is C14H11NO4. The summed E-state index contributed by atoms with van der Waals surface area (Å²) in [7, 11) is 0. The zero-order chi connectivity index (χ0) is 13.7. The molecule has 2 rings (SSSR count). The molecule has 0 saturated carbocycles. The Morgan fingerprint density at radius 3 is 2.26 bits per heavy atom. The second-order valence-electron chi connectivity index (χ2n) is 3.87.